The zero-order chi connectivity index (χ0) is 61.3. The van der Waals surface area contributed by atoms with E-state index in [4.69, 9.17) is 44.8 Å². The van der Waals surface area contributed by atoms with Gasteiger partial charge >= 0.3 is 35.9 Å². The van der Waals surface area contributed by atoms with E-state index >= 15 is 0 Å². The molecule has 0 radical (unpaired) electrons. The molecular weight excluding hydrogens is 1190 g/mol. The molecule has 0 unspecified atom stereocenters. The third-order valence-corrected chi connectivity index (χ3v) is 16.1. The molecule has 0 aromatic heterocycles. The third-order valence-electron chi connectivity index (χ3n) is 15.0. The Morgan fingerprint density at radius 2 is 0.894 bits per heavy atom. The van der Waals surface area contributed by atoms with Crippen LogP contribution in [0.15, 0.2) is 84.9 Å². The number of nitrogens with zero attached hydrogens (tertiary/aromatic N) is 8. The van der Waals surface area contributed by atoms with Crippen LogP contribution in [0.5, 0.6) is 0 Å². The Hall–Kier alpha value is -7.55. The van der Waals surface area contributed by atoms with Crippen LogP contribution in [0.25, 0.3) is 0 Å². The van der Waals surface area contributed by atoms with Crippen molar-refractivity contribution in [2.24, 2.45) is 0 Å². The Labute approximate surface area is 498 Å². The molecule has 3 N–H and O–H groups in total. The van der Waals surface area contributed by atoms with Crippen LogP contribution >= 0.6 is 34.8 Å². The zero-order valence-corrected chi connectivity index (χ0v) is 47.7. The third kappa shape index (κ3) is 15.7. The van der Waals surface area contributed by atoms with Crippen LogP contribution in [0.2, 0.25) is 10.0 Å². The zero-order valence-electron chi connectivity index (χ0n) is 45.5. The maximum absolute atomic E-state index is 13.0. The van der Waals surface area contributed by atoms with E-state index in [1.807, 2.05) is 32.9 Å². The van der Waals surface area contributed by atoms with E-state index < -0.39 is 70.9 Å². The number of hydrogen-bond donors (Lipinski definition) is 3. The lowest BCUT2D eigenvalue weighted by molar-refractivity contribution is -0.151. The fourth-order valence-corrected chi connectivity index (χ4v) is 11.1. The van der Waals surface area contributed by atoms with Gasteiger partial charge in [-0.05, 0) is 110 Å². The fourth-order valence-electron chi connectivity index (χ4n) is 10.3. The highest BCUT2D eigenvalue weighted by Crippen LogP contribution is 2.35. The molecule has 2 atom stereocenters. The van der Waals surface area contributed by atoms with E-state index in [1.54, 1.807) is 23.1 Å². The number of rotatable bonds is 9. The van der Waals surface area contributed by atoms with Gasteiger partial charge in [-0.1, -0.05) is 64.7 Å². The maximum atomic E-state index is 13.0. The number of benzene rings is 4. The van der Waals surface area contributed by atoms with Gasteiger partial charge in [-0.2, -0.15) is 26.3 Å². The minimum Gasteiger partial charge on any atom is -0.367 e. The lowest BCUT2D eigenvalue weighted by atomic mass is 10.0. The largest absolute Gasteiger partial charge is 0.434 e. The first-order valence-corrected chi connectivity index (χ1v) is 28.4. The summed E-state index contributed by atoms with van der Waals surface area (Å²) in [6.45, 7) is 6.58. The molecule has 6 fully saturated rings. The maximum Gasteiger partial charge on any atom is 0.434 e. The van der Waals surface area contributed by atoms with E-state index in [1.165, 1.54) is 35.6 Å². The van der Waals surface area contributed by atoms with E-state index in [2.05, 4.69) is 15.5 Å². The topological polar surface area (TPSA) is 216 Å². The van der Waals surface area contributed by atoms with Gasteiger partial charge in [-0.25, -0.2) is 14.4 Å². The number of alkyl halides is 6. The van der Waals surface area contributed by atoms with E-state index in [9.17, 15) is 64.7 Å². The standard InChI is InChI=1S/C28H29ClF3N5O5.C17H21Cl2N3O2.C11H9F3N2O3/c29-23-20(24(38)35-11-2-1-3-12-35)5-4-6-22(23)34-13-15-36(16-14-34)27(41)42-37-25(39)21(33-26(37)40)17-18-7-9-19(10-8-18)28(30,31)32;18-15-13(16(23)21-7-2-1-3-8-21)5-4-6-14(15)20-9-11-22(12-10-20)17(19)24;12-11(13,14)7-3-1-6(2-4-7)5-8-9(17)16(19)10(18)15-8/h4-10,21H,1-3,11-17H2,(H,33,40);4-6H,1-3,7-12H2;1-4,8,19H,5H2,(H,15,18)/t21-;;8-/m0.0/s1. The number of piperazine rings is 2. The van der Waals surface area contributed by atoms with Gasteiger partial charge in [0.1, 0.15) is 12.1 Å². The molecule has 0 saturated carbocycles. The van der Waals surface area contributed by atoms with Gasteiger partial charge in [0.25, 0.3) is 23.6 Å². The Bertz CT molecular complexity index is 3120. The molecular formula is C56H59Cl3F6N10O10. The van der Waals surface area contributed by atoms with Crippen LogP contribution in [0.1, 0.15) is 81.5 Å². The average molecular weight is 1250 g/mol. The lowest BCUT2D eigenvalue weighted by Crippen LogP contribution is -2.51. The molecule has 4 aromatic rings. The summed E-state index contributed by atoms with van der Waals surface area (Å²) >= 11 is 18.8. The molecule has 4 aromatic carbocycles. The summed E-state index contributed by atoms with van der Waals surface area (Å²) in [5.74, 6) is -1.75. The number of imide groups is 2. The molecule has 29 heteroatoms. The van der Waals surface area contributed by atoms with Gasteiger partial charge in [0.05, 0.1) is 43.7 Å². The second-order valence-electron chi connectivity index (χ2n) is 20.6. The summed E-state index contributed by atoms with van der Waals surface area (Å²) in [5, 5.41) is 14.3. The van der Waals surface area contributed by atoms with Gasteiger partial charge < -0.3 is 44.9 Å². The normalized spacial score (nSPS) is 19.4. The number of carbonyl (C=O) groups is 8. The SMILES string of the molecule is O=C(Cl)N1CCN(c2cccc(C(=O)N3CCCCC3)c2Cl)CC1.O=C(ON1C(=O)N[C@@H](Cc2ccc(C(F)(F)F)cc2)C1=O)N1CCN(c2cccc(C(=O)N3CCCCC3)c2Cl)CC1.O=C1N[C@@H](Cc2ccc(C(F)(F)F)cc2)C(=O)N1O. The highest BCUT2D eigenvalue weighted by Gasteiger charge is 2.43. The van der Waals surface area contributed by atoms with Crippen molar-refractivity contribution >= 4 is 93.3 Å². The summed E-state index contributed by atoms with van der Waals surface area (Å²) in [5.41, 5.74) is 1.74. The smallest absolute Gasteiger partial charge is 0.367 e. The number of likely N-dealkylation sites (tertiary alicyclic amines) is 2. The van der Waals surface area contributed by atoms with E-state index in [-0.39, 0.29) is 42.8 Å². The minimum absolute atomic E-state index is 0.0103. The van der Waals surface area contributed by atoms with Crippen molar-refractivity contribution in [2.75, 3.05) is 88.3 Å². The van der Waals surface area contributed by atoms with Gasteiger partial charge in [0.15, 0.2) is 0 Å². The van der Waals surface area contributed by atoms with Crippen LogP contribution in [0, 0.1) is 0 Å². The number of halogens is 9. The number of piperidine rings is 2. The number of carbonyl (C=O) groups excluding carboxylic acids is 8. The quantitative estimate of drug-likeness (QED) is 0.0470. The monoisotopic (exact) mass is 1250 g/mol. The van der Waals surface area contributed by atoms with Crippen molar-refractivity contribution in [3.63, 3.8) is 0 Å². The van der Waals surface area contributed by atoms with Crippen molar-refractivity contribution in [1.29, 1.82) is 0 Å². The van der Waals surface area contributed by atoms with Gasteiger partial charge in [0.2, 0.25) is 0 Å². The Kier molecular flexibility index (Phi) is 20.6. The number of nitrogens with one attached hydrogen (secondary N) is 2. The predicted octanol–water partition coefficient (Wildman–Crippen LogP) is 9.33. The van der Waals surface area contributed by atoms with Gasteiger partial charge in [-0.15, -0.1) is 5.06 Å². The molecule has 0 bridgehead atoms. The van der Waals surface area contributed by atoms with Crippen LogP contribution < -0.4 is 20.4 Å². The van der Waals surface area contributed by atoms with Crippen LogP contribution in [-0.4, -0.2) is 173 Å². The van der Waals surface area contributed by atoms with Crippen LogP contribution in [0.4, 0.5) is 56.9 Å². The first-order valence-electron chi connectivity index (χ1n) is 27.3. The van der Waals surface area contributed by atoms with Crippen LogP contribution in [0.3, 0.4) is 0 Å². The number of anilines is 2. The number of amides is 10. The molecule has 6 aliphatic rings. The highest BCUT2D eigenvalue weighted by molar-refractivity contribution is 6.62. The molecule has 85 heavy (non-hydrogen) atoms. The summed E-state index contributed by atoms with van der Waals surface area (Å²) in [6.07, 6.45) is -3.55. The molecule has 10 rings (SSSR count). The summed E-state index contributed by atoms with van der Waals surface area (Å²) in [4.78, 5) is 113. The average Bonchev–Trinajstić information content (AvgIpc) is 3.74. The summed E-state index contributed by atoms with van der Waals surface area (Å²) < 4.78 is 75.4. The second kappa shape index (κ2) is 27.7. The highest BCUT2D eigenvalue weighted by atomic mass is 35.5. The van der Waals surface area contributed by atoms with Crippen molar-refractivity contribution in [2.45, 2.75) is 75.8 Å². The van der Waals surface area contributed by atoms with Crippen LogP contribution in [-0.2, 0) is 39.6 Å². The fraction of sp³-hybridized carbons (Fsp3) is 0.429. The van der Waals surface area contributed by atoms with Crippen molar-refractivity contribution in [1.82, 2.24) is 40.4 Å². The molecule has 20 nitrogen and oxygen atoms in total. The van der Waals surface area contributed by atoms with Crippen molar-refractivity contribution < 1.29 is 74.7 Å². The Balaban J connectivity index is 0.000000184. The number of urea groups is 2. The van der Waals surface area contributed by atoms with E-state index in [0.29, 0.717) is 95.4 Å². The van der Waals surface area contributed by atoms with Gasteiger partial charge in [0, 0.05) is 91.4 Å². The molecule has 456 valence electrons. The molecule has 6 heterocycles. The Morgan fingerprint density at radius 3 is 1.27 bits per heavy atom. The molecule has 10 amide bonds. The number of hydrogen-bond acceptors (Lipinski definition) is 12. The summed E-state index contributed by atoms with van der Waals surface area (Å²) in [7, 11) is 0. The summed E-state index contributed by atoms with van der Waals surface area (Å²) in [6, 6.07) is 15.4. The molecule has 6 saturated heterocycles. The second-order valence-corrected chi connectivity index (χ2v) is 21.7. The van der Waals surface area contributed by atoms with Crippen molar-refractivity contribution in [3.8, 4) is 0 Å². The molecule has 0 aliphatic carbocycles. The first-order chi connectivity index (χ1) is 40.4. The van der Waals surface area contributed by atoms with E-state index in [0.717, 1.165) is 75.1 Å². The Morgan fingerprint density at radius 1 is 0.506 bits per heavy atom. The van der Waals surface area contributed by atoms with Gasteiger partial charge in [-0.3, -0.25) is 29.2 Å². The predicted molar refractivity (Wildman–Crippen MR) is 298 cm³/mol. The lowest BCUT2D eigenvalue weighted by Gasteiger charge is -2.36. The first kappa shape index (κ1) is 63.5. The molecule has 6 aliphatic heterocycles. The minimum atomic E-state index is -4.49. The van der Waals surface area contributed by atoms with Crippen molar-refractivity contribution in [3.05, 3.63) is 128 Å². The number of hydroxylamine groups is 4. The molecule has 0 spiro atoms.